The van der Waals surface area contributed by atoms with Crippen molar-refractivity contribution in [1.29, 1.82) is 0 Å². The molecular weight excluding hydrogens is 194 g/mol. The number of piperidine rings is 1. The van der Waals surface area contributed by atoms with Gasteiger partial charge in [0.15, 0.2) is 5.78 Å². The number of hydrogen-bond acceptors (Lipinski definition) is 4. The number of carbonyl (C=O) groups excluding carboxylic acids is 1. The molecule has 0 aliphatic carbocycles. The number of ether oxygens (including phenoxy) is 2. The molecule has 0 radical (unpaired) electrons. The Hall–Kier alpha value is -0.450. The minimum absolute atomic E-state index is 0.0435. The fraction of sp³-hybridized carbons (Fsp3) is 0.909. The second-order valence-electron chi connectivity index (χ2n) is 3.85. The third kappa shape index (κ3) is 5.87. The van der Waals surface area contributed by atoms with Crippen molar-refractivity contribution in [1.82, 2.24) is 5.32 Å². The molecule has 0 amide bonds. The number of rotatable bonds is 7. The van der Waals surface area contributed by atoms with Gasteiger partial charge in [-0.3, -0.25) is 4.79 Å². The Labute approximate surface area is 91.3 Å². The van der Waals surface area contributed by atoms with Crippen molar-refractivity contribution >= 4 is 5.78 Å². The van der Waals surface area contributed by atoms with Crippen molar-refractivity contribution in [2.24, 2.45) is 0 Å². The van der Waals surface area contributed by atoms with Crippen LogP contribution in [0.2, 0.25) is 0 Å². The third-order valence-electron chi connectivity index (χ3n) is 2.38. The first-order valence-corrected chi connectivity index (χ1v) is 5.74. The van der Waals surface area contributed by atoms with Gasteiger partial charge in [-0.15, -0.1) is 0 Å². The van der Waals surface area contributed by atoms with E-state index in [1.165, 1.54) is 0 Å². The molecule has 0 bridgehead atoms. The Kier molecular flexibility index (Phi) is 6.55. The van der Waals surface area contributed by atoms with Gasteiger partial charge in [0.2, 0.25) is 0 Å². The fourth-order valence-corrected chi connectivity index (χ4v) is 1.54. The molecular formula is C11H21NO3. The highest BCUT2D eigenvalue weighted by Gasteiger charge is 2.14. The summed E-state index contributed by atoms with van der Waals surface area (Å²) in [4.78, 5) is 11.3. The molecule has 4 nitrogen and oxygen atoms in total. The van der Waals surface area contributed by atoms with Crippen molar-refractivity contribution in [3.8, 4) is 0 Å². The van der Waals surface area contributed by atoms with Crippen molar-refractivity contribution < 1.29 is 14.3 Å². The van der Waals surface area contributed by atoms with E-state index in [1.54, 1.807) is 0 Å². The minimum atomic E-state index is 0.0435. The van der Waals surface area contributed by atoms with Crippen LogP contribution < -0.4 is 5.32 Å². The molecule has 0 saturated carbocycles. The molecule has 0 spiro atoms. The molecule has 15 heavy (non-hydrogen) atoms. The number of carbonyl (C=O) groups is 1. The van der Waals surface area contributed by atoms with E-state index in [0.717, 1.165) is 32.4 Å². The Morgan fingerprint density at radius 1 is 1.33 bits per heavy atom. The zero-order valence-corrected chi connectivity index (χ0v) is 9.46. The van der Waals surface area contributed by atoms with E-state index in [2.05, 4.69) is 5.32 Å². The predicted molar refractivity (Wildman–Crippen MR) is 58.0 cm³/mol. The van der Waals surface area contributed by atoms with Crippen LogP contribution in [-0.2, 0) is 14.3 Å². The first-order chi connectivity index (χ1) is 7.33. The lowest BCUT2D eigenvalue weighted by atomic mass is 10.1. The highest BCUT2D eigenvalue weighted by molar-refractivity contribution is 5.80. The predicted octanol–water partition coefficient (Wildman–Crippen LogP) is 0.751. The number of ketones is 1. The monoisotopic (exact) mass is 215 g/mol. The van der Waals surface area contributed by atoms with Crippen LogP contribution in [-0.4, -0.2) is 44.8 Å². The molecule has 1 aliphatic rings. The SMILES string of the molecule is CCCOCC(=O)COC1CCNCC1. The molecule has 0 aromatic rings. The number of hydrogen-bond donors (Lipinski definition) is 1. The molecule has 1 rings (SSSR count). The van der Waals surface area contributed by atoms with E-state index in [1.807, 2.05) is 6.92 Å². The maximum Gasteiger partial charge on any atom is 0.183 e. The van der Waals surface area contributed by atoms with Gasteiger partial charge in [-0.25, -0.2) is 0 Å². The van der Waals surface area contributed by atoms with Crippen LogP contribution in [0.5, 0.6) is 0 Å². The summed E-state index contributed by atoms with van der Waals surface area (Å²) in [5, 5.41) is 3.25. The van der Waals surface area contributed by atoms with Gasteiger partial charge in [0.25, 0.3) is 0 Å². The summed E-state index contributed by atoms with van der Waals surface area (Å²) in [7, 11) is 0. The highest BCUT2D eigenvalue weighted by Crippen LogP contribution is 2.06. The van der Waals surface area contributed by atoms with Crippen LogP contribution in [0.4, 0.5) is 0 Å². The van der Waals surface area contributed by atoms with E-state index >= 15 is 0 Å². The van der Waals surface area contributed by atoms with Crippen LogP contribution in [0.15, 0.2) is 0 Å². The van der Waals surface area contributed by atoms with Crippen molar-refractivity contribution in [2.45, 2.75) is 32.3 Å². The van der Waals surface area contributed by atoms with Crippen LogP contribution in [0.3, 0.4) is 0 Å². The highest BCUT2D eigenvalue weighted by atomic mass is 16.5. The average Bonchev–Trinajstić information content (AvgIpc) is 2.28. The maximum atomic E-state index is 11.3. The molecule has 4 heteroatoms. The molecule has 1 aliphatic heterocycles. The summed E-state index contributed by atoms with van der Waals surface area (Å²) in [6.45, 7) is 5.05. The van der Waals surface area contributed by atoms with Gasteiger partial charge in [-0.05, 0) is 32.4 Å². The molecule has 88 valence electrons. The molecule has 1 heterocycles. The van der Waals surface area contributed by atoms with E-state index < -0.39 is 0 Å². The lowest BCUT2D eigenvalue weighted by Gasteiger charge is -2.22. The largest absolute Gasteiger partial charge is 0.374 e. The summed E-state index contributed by atoms with van der Waals surface area (Å²) in [6, 6.07) is 0. The first kappa shape index (κ1) is 12.6. The second-order valence-corrected chi connectivity index (χ2v) is 3.85. The molecule has 0 atom stereocenters. The van der Waals surface area contributed by atoms with Gasteiger partial charge >= 0.3 is 0 Å². The quantitative estimate of drug-likeness (QED) is 0.637. The summed E-state index contributed by atoms with van der Waals surface area (Å²) in [5.74, 6) is 0.0435. The van der Waals surface area contributed by atoms with E-state index in [9.17, 15) is 4.79 Å². The molecule has 0 aromatic carbocycles. The number of Topliss-reactive ketones (excluding diaryl/α,β-unsaturated/α-hetero) is 1. The Bertz CT molecular complexity index is 179. The lowest BCUT2D eigenvalue weighted by molar-refractivity contribution is -0.130. The van der Waals surface area contributed by atoms with E-state index in [-0.39, 0.29) is 25.1 Å². The maximum absolute atomic E-state index is 11.3. The first-order valence-electron chi connectivity index (χ1n) is 5.74. The molecule has 1 N–H and O–H groups in total. The standard InChI is InChI=1S/C11H21NO3/c1-2-7-14-8-10(13)9-15-11-3-5-12-6-4-11/h11-12H,2-9H2,1H3. The molecule has 0 unspecified atom stereocenters. The van der Waals surface area contributed by atoms with Gasteiger partial charge in [0, 0.05) is 6.61 Å². The van der Waals surface area contributed by atoms with Crippen LogP contribution in [0.25, 0.3) is 0 Å². The zero-order chi connectivity index (χ0) is 10.9. The fourth-order valence-electron chi connectivity index (χ4n) is 1.54. The van der Waals surface area contributed by atoms with E-state index in [0.29, 0.717) is 6.61 Å². The van der Waals surface area contributed by atoms with Crippen LogP contribution >= 0.6 is 0 Å². The summed E-state index contributed by atoms with van der Waals surface area (Å²) in [6.07, 6.45) is 3.20. The van der Waals surface area contributed by atoms with Crippen molar-refractivity contribution in [3.05, 3.63) is 0 Å². The zero-order valence-electron chi connectivity index (χ0n) is 9.46. The van der Waals surface area contributed by atoms with Crippen LogP contribution in [0, 0.1) is 0 Å². The average molecular weight is 215 g/mol. The summed E-state index contributed by atoms with van der Waals surface area (Å²) in [5.41, 5.74) is 0. The van der Waals surface area contributed by atoms with Crippen molar-refractivity contribution in [2.75, 3.05) is 32.9 Å². The smallest absolute Gasteiger partial charge is 0.183 e. The summed E-state index contributed by atoms with van der Waals surface area (Å²) >= 11 is 0. The molecule has 1 fully saturated rings. The van der Waals surface area contributed by atoms with Crippen LogP contribution in [0.1, 0.15) is 26.2 Å². The van der Waals surface area contributed by atoms with E-state index in [4.69, 9.17) is 9.47 Å². The lowest BCUT2D eigenvalue weighted by Crippen LogP contribution is -2.33. The number of nitrogens with one attached hydrogen (secondary N) is 1. The van der Waals surface area contributed by atoms with Gasteiger partial charge in [0.05, 0.1) is 6.10 Å². The second kappa shape index (κ2) is 7.79. The van der Waals surface area contributed by atoms with Gasteiger partial charge < -0.3 is 14.8 Å². The topological polar surface area (TPSA) is 47.6 Å². The minimum Gasteiger partial charge on any atom is -0.374 e. The third-order valence-corrected chi connectivity index (χ3v) is 2.38. The Balaban J connectivity index is 2.00. The van der Waals surface area contributed by atoms with Gasteiger partial charge in [-0.1, -0.05) is 6.92 Å². The Morgan fingerprint density at radius 3 is 2.73 bits per heavy atom. The normalized spacial score (nSPS) is 17.9. The summed E-state index contributed by atoms with van der Waals surface area (Å²) < 4.78 is 10.6. The van der Waals surface area contributed by atoms with Gasteiger partial charge in [-0.2, -0.15) is 0 Å². The molecule has 1 saturated heterocycles. The Morgan fingerprint density at radius 2 is 2.07 bits per heavy atom. The van der Waals surface area contributed by atoms with Crippen molar-refractivity contribution in [3.63, 3.8) is 0 Å². The van der Waals surface area contributed by atoms with Gasteiger partial charge in [0.1, 0.15) is 13.2 Å². The molecule has 0 aromatic heterocycles.